The average molecular weight is 517 g/mol. The van der Waals surface area contributed by atoms with Gasteiger partial charge in [0.05, 0.1) is 42.3 Å². The molecule has 0 aromatic carbocycles. The Kier molecular flexibility index (Phi) is 10.6. The van der Waals surface area contributed by atoms with Gasteiger partial charge in [-0.15, -0.1) is 0 Å². The summed E-state index contributed by atoms with van der Waals surface area (Å²) in [7, 11) is -12.3. The summed E-state index contributed by atoms with van der Waals surface area (Å²) in [5, 5.41) is -0.289. The molecule has 4 fully saturated rings. The van der Waals surface area contributed by atoms with E-state index in [9.17, 15) is 33.7 Å². The van der Waals surface area contributed by atoms with Gasteiger partial charge in [0, 0.05) is 0 Å². The summed E-state index contributed by atoms with van der Waals surface area (Å²) in [6.07, 6.45) is 2.73. The normalized spacial score (nSPS) is 31.9. The average Bonchev–Trinajstić information content (AvgIpc) is 3.34. The van der Waals surface area contributed by atoms with Crippen LogP contribution in [0, 0.1) is 0 Å². The minimum absolute atomic E-state index is 0.141. The standard InChI is InChI=1S/C4H8O3S.C4H8O2S.C3H6O4S.C3H6O3S/c1-4-2-3-7-8(4,5)6;5-7(6)3-1-2-4-7;1-3-2-6-8(4,5)7-3;4-7(5)3-1-2-6-7/h4H,2-3H2,1H3;1-4H2;3H,2H2,1H3;1-3H2. The van der Waals surface area contributed by atoms with Gasteiger partial charge in [0.2, 0.25) is 0 Å². The van der Waals surface area contributed by atoms with E-state index < -0.39 is 40.5 Å². The zero-order valence-corrected chi connectivity index (χ0v) is 20.0. The zero-order valence-electron chi connectivity index (χ0n) is 16.8. The van der Waals surface area contributed by atoms with Crippen LogP contribution in [0.25, 0.3) is 0 Å². The highest BCUT2D eigenvalue weighted by Gasteiger charge is 2.27. The summed E-state index contributed by atoms with van der Waals surface area (Å²) in [4.78, 5) is 0. The maximum atomic E-state index is 10.5. The van der Waals surface area contributed by atoms with E-state index >= 15 is 0 Å². The molecule has 180 valence electrons. The second kappa shape index (κ2) is 11.5. The predicted molar refractivity (Wildman–Crippen MR) is 107 cm³/mol. The molecule has 16 heteroatoms. The highest BCUT2D eigenvalue weighted by atomic mass is 32.3. The van der Waals surface area contributed by atoms with Crippen molar-refractivity contribution in [3.05, 3.63) is 0 Å². The summed E-state index contributed by atoms with van der Waals surface area (Å²) in [5.74, 6) is 1.05. The topological polar surface area (TPSA) is 173 Å². The van der Waals surface area contributed by atoms with Crippen LogP contribution < -0.4 is 0 Å². The Morgan fingerprint density at radius 3 is 1.43 bits per heavy atom. The number of rotatable bonds is 0. The summed E-state index contributed by atoms with van der Waals surface area (Å²) in [5.41, 5.74) is 0. The van der Waals surface area contributed by atoms with Gasteiger partial charge in [-0.25, -0.2) is 16.8 Å². The molecule has 4 aliphatic heterocycles. The molecular formula is C14H28O12S4. The van der Waals surface area contributed by atoms with Gasteiger partial charge in [-0.05, 0) is 39.5 Å². The maximum absolute atomic E-state index is 10.5. The van der Waals surface area contributed by atoms with E-state index in [0.717, 1.165) is 12.8 Å². The molecule has 0 amide bonds. The molecule has 30 heavy (non-hydrogen) atoms. The third-order valence-electron chi connectivity index (χ3n) is 3.96. The van der Waals surface area contributed by atoms with E-state index in [2.05, 4.69) is 16.7 Å². The Hall–Kier alpha value is -0.360. The van der Waals surface area contributed by atoms with Crippen LogP contribution in [0.4, 0.5) is 0 Å². The van der Waals surface area contributed by atoms with E-state index in [1.807, 2.05) is 0 Å². The van der Waals surface area contributed by atoms with Crippen LogP contribution in [-0.2, 0) is 57.2 Å². The smallest absolute Gasteiger partial charge is 0.270 e. The molecule has 4 heterocycles. The van der Waals surface area contributed by atoms with Gasteiger partial charge in [0.1, 0.15) is 15.9 Å². The molecule has 4 aliphatic rings. The van der Waals surface area contributed by atoms with Crippen LogP contribution >= 0.6 is 0 Å². The molecule has 0 bridgehead atoms. The fourth-order valence-electron chi connectivity index (χ4n) is 2.25. The molecule has 0 N–H and O–H groups in total. The Morgan fingerprint density at radius 2 is 1.30 bits per heavy atom. The van der Waals surface area contributed by atoms with Crippen LogP contribution in [0.15, 0.2) is 0 Å². The van der Waals surface area contributed by atoms with Crippen molar-refractivity contribution in [2.24, 2.45) is 0 Å². The van der Waals surface area contributed by atoms with Crippen LogP contribution in [-0.4, -0.2) is 82.1 Å². The van der Waals surface area contributed by atoms with Crippen molar-refractivity contribution in [2.75, 3.05) is 37.1 Å². The molecule has 0 spiro atoms. The highest BCUT2D eigenvalue weighted by molar-refractivity contribution is 7.91. The summed E-state index contributed by atoms with van der Waals surface area (Å²) < 4.78 is 100.0. The van der Waals surface area contributed by atoms with Crippen LogP contribution in [0.2, 0.25) is 0 Å². The lowest BCUT2D eigenvalue weighted by Gasteiger charge is -1.94. The third kappa shape index (κ3) is 11.3. The summed E-state index contributed by atoms with van der Waals surface area (Å²) >= 11 is 0. The van der Waals surface area contributed by atoms with Crippen molar-refractivity contribution < 1.29 is 50.4 Å². The molecule has 4 saturated heterocycles. The largest absolute Gasteiger partial charge is 0.400 e. The van der Waals surface area contributed by atoms with E-state index in [-0.39, 0.29) is 23.7 Å². The Labute approximate surface area is 178 Å². The molecule has 0 aromatic heterocycles. The lowest BCUT2D eigenvalue weighted by atomic mass is 10.4. The maximum Gasteiger partial charge on any atom is 0.400 e. The van der Waals surface area contributed by atoms with Crippen LogP contribution in [0.3, 0.4) is 0 Å². The number of hydrogen-bond acceptors (Lipinski definition) is 12. The lowest BCUT2D eigenvalue weighted by molar-refractivity contribution is 0.258. The fourth-order valence-corrected chi connectivity index (χ4v) is 6.52. The molecular weight excluding hydrogens is 488 g/mol. The van der Waals surface area contributed by atoms with Gasteiger partial charge in [-0.1, -0.05) is 0 Å². The van der Waals surface area contributed by atoms with E-state index in [4.69, 9.17) is 0 Å². The first-order chi connectivity index (χ1) is 13.6. The quantitative estimate of drug-likeness (QED) is 0.386. The van der Waals surface area contributed by atoms with Crippen molar-refractivity contribution in [3.63, 3.8) is 0 Å². The predicted octanol–water partition coefficient (Wildman–Crippen LogP) is -0.277. The third-order valence-corrected chi connectivity index (χ3v) is 9.80. The molecule has 0 saturated carbocycles. The Balaban J connectivity index is 0.000000200. The first-order valence-electron chi connectivity index (χ1n) is 9.17. The van der Waals surface area contributed by atoms with Crippen LogP contribution in [0.5, 0.6) is 0 Å². The van der Waals surface area contributed by atoms with Crippen molar-refractivity contribution in [1.82, 2.24) is 0 Å². The van der Waals surface area contributed by atoms with E-state index in [1.165, 1.54) is 0 Å². The first kappa shape index (κ1) is 27.7. The van der Waals surface area contributed by atoms with Gasteiger partial charge in [-0.2, -0.15) is 25.3 Å². The van der Waals surface area contributed by atoms with Crippen molar-refractivity contribution in [1.29, 1.82) is 0 Å². The van der Waals surface area contributed by atoms with Crippen molar-refractivity contribution >= 4 is 40.5 Å². The van der Waals surface area contributed by atoms with Crippen LogP contribution in [0.1, 0.15) is 39.5 Å². The van der Waals surface area contributed by atoms with Gasteiger partial charge < -0.3 is 0 Å². The van der Waals surface area contributed by atoms with Crippen molar-refractivity contribution in [2.45, 2.75) is 50.9 Å². The summed E-state index contributed by atoms with van der Waals surface area (Å²) in [6, 6.07) is 0. The second-order valence-corrected chi connectivity index (χ2v) is 14.1. The van der Waals surface area contributed by atoms with Crippen molar-refractivity contribution in [3.8, 4) is 0 Å². The van der Waals surface area contributed by atoms with Gasteiger partial charge in [0.15, 0.2) is 0 Å². The van der Waals surface area contributed by atoms with Gasteiger partial charge in [-0.3, -0.25) is 8.37 Å². The first-order valence-corrected chi connectivity index (χ1v) is 15.4. The minimum Gasteiger partial charge on any atom is -0.270 e. The zero-order chi connectivity index (χ0) is 23.1. The SMILES string of the molecule is CC1CCOS1(=O)=O.CC1COS(=O)(=O)O1.O=S1(=O)CCCC1.O=S1(=O)CCCO1. The lowest BCUT2D eigenvalue weighted by Crippen LogP contribution is -2.09. The molecule has 0 radical (unpaired) electrons. The molecule has 4 rings (SSSR count). The Morgan fingerprint density at radius 1 is 0.700 bits per heavy atom. The van der Waals surface area contributed by atoms with E-state index in [0.29, 0.717) is 37.6 Å². The molecule has 2 unspecified atom stereocenters. The summed E-state index contributed by atoms with van der Waals surface area (Å²) in [6.45, 7) is 4.17. The monoisotopic (exact) mass is 516 g/mol. The van der Waals surface area contributed by atoms with Gasteiger partial charge in [0.25, 0.3) is 20.2 Å². The minimum atomic E-state index is -3.60. The van der Waals surface area contributed by atoms with E-state index in [1.54, 1.807) is 13.8 Å². The Bertz CT molecular complexity index is 888. The molecule has 12 nitrogen and oxygen atoms in total. The molecule has 0 aromatic rings. The second-order valence-electron chi connectivity index (χ2n) is 6.81. The number of sulfone groups is 1. The molecule has 0 aliphatic carbocycles. The highest BCUT2D eigenvalue weighted by Crippen LogP contribution is 2.15. The fraction of sp³-hybridized carbons (Fsp3) is 1.00. The number of hydrogen-bond donors (Lipinski definition) is 0. The van der Waals surface area contributed by atoms with Gasteiger partial charge >= 0.3 is 10.4 Å². The molecule has 2 atom stereocenters.